The van der Waals surface area contributed by atoms with Crippen molar-refractivity contribution in [2.24, 2.45) is 5.92 Å². The van der Waals surface area contributed by atoms with E-state index in [0.717, 1.165) is 11.3 Å². The number of rotatable bonds is 4. The molecule has 3 aromatic rings. The molecular weight excluding hydrogens is 328 g/mol. The number of hydrogen-bond donors (Lipinski definition) is 2. The minimum Gasteiger partial charge on any atom is -0.351 e. The summed E-state index contributed by atoms with van der Waals surface area (Å²) in [6.07, 6.45) is 3.16. The van der Waals surface area contributed by atoms with Gasteiger partial charge in [0.25, 0.3) is 0 Å². The van der Waals surface area contributed by atoms with Crippen LogP contribution in [-0.4, -0.2) is 25.7 Å². The topological polar surface area (TPSA) is 84.7 Å². The Morgan fingerprint density at radius 3 is 2.73 bits per heavy atom. The van der Waals surface area contributed by atoms with Gasteiger partial charge in [-0.2, -0.15) is 10.1 Å². The number of amides is 1. The summed E-state index contributed by atoms with van der Waals surface area (Å²) in [5.41, 5.74) is 2.35. The molecule has 130 valence electrons. The zero-order valence-electron chi connectivity index (χ0n) is 14.0. The molecule has 1 amide bonds. The van der Waals surface area contributed by atoms with Gasteiger partial charge in [-0.3, -0.25) is 9.78 Å². The summed E-state index contributed by atoms with van der Waals surface area (Å²) < 4.78 is 1.68. The van der Waals surface area contributed by atoms with Gasteiger partial charge >= 0.3 is 0 Å². The molecule has 7 nitrogen and oxygen atoms in total. The predicted molar refractivity (Wildman–Crippen MR) is 96.9 cm³/mol. The van der Waals surface area contributed by atoms with Crippen LogP contribution in [0.15, 0.2) is 73.3 Å². The average Bonchev–Trinajstić information content (AvgIpc) is 3.14. The van der Waals surface area contributed by atoms with Crippen LogP contribution in [0.2, 0.25) is 0 Å². The van der Waals surface area contributed by atoms with Gasteiger partial charge in [0.1, 0.15) is 18.3 Å². The summed E-state index contributed by atoms with van der Waals surface area (Å²) in [6.45, 7) is 4.49. The minimum atomic E-state index is -0.553. The van der Waals surface area contributed by atoms with Crippen molar-refractivity contribution in [3.63, 3.8) is 0 Å². The fourth-order valence-electron chi connectivity index (χ4n) is 3.14. The van der Waals surface area contributed by atoms with Gasteiger partial charge in [-0.1, -0.05) is 43.0 Å². The number of hydrogen-bond acceptors (Lipinski definition) is 5. The quantitative estimate of drug-likeness (QED) is 0.756. The van der Waals surface area contributed by atoms with Crippen molar-refractivity contribution in [2.75, 3.05) is 5.32 Å². The maximum Gasteiger partial charge on any atom is 0.231 e. The van der Waals surface area contributed by atoms with E-state index in [2.05, 4.69) is 32.3 Å². The van der Waals surface area contributed by atoms with Gasteiger partial charge in [0, 0.05) is 18.4 Å². The monoisotopic (exact) mass is 346 g/mol. The molecule has 0 saturated carbocycles. The van der Waals surface area contributed by atoms with E-state index in [0.29, 0.717) is 18.2 Å². The fraction of sp³-hybridized carbons (Fsp3) is 0.158. The number of carbonyl (C=O) groups is 1. The zero-order chi connectivity index (χ0) is 17.9. The molecule has 1 aromatic carbocycles. The summed E-state index contributed by atoms with van der Waals surface area (Å²) in [5, 5.41) is 10.3. The minimum absolute atomic E-state index is 0.136. The molecule has 0 saturated heterocycles. The third kappa shape index (κ3) is 2.95. The molecule has 1 aliphatic heterocycles. The lowest BCUT2D eigenvalue weighted by Crippen LogP contribution is -2.42. The highest BCUT2D eigenvalue weighted by Crippen LogP contribution is 2.36. The number of aromatic nitrogens is 4. The Morgan fingerprint density at radius 1 is 1.15 bits per heavy atom. The molecule has 0 fully saturated rings. The maximum atomic E-state index is 13.0. The Hall–Kier alpha value is -3.48. The largest absolute Gasteiger partial charge is 0.351 e. The molecule has 0 unspecified atom stereocenters. The molecular formula is C19H18N6O. The Bertz CT molecular complexity index is 921. The highest BCUT2D eigenvalue weighted by atomic mass is 16.2. The lowest BCUT2D eigenvalue weighted by molar-refractivity contribution is -0.125. The van der Waals surface area contributed by atoms with E-state index in [1.165, 1.54) is 6.33 Å². The first-order valence-electron chi connectivity index (χ1n) is 8.32. The Morgan fingerprint density at radius 2 is 1.96 bits per heavy atom. The third-order valence-corrected chi connectivity index (χ3v) is 4.38. The van der Waals surface area contributed by atoms with E-state index in [4.69, 9.17) is 0 Å². The lowest BCUT2D eigenvalue weighted by Gasteiger charge is -2.33. The van der Waals surface area contributed by atoms with Crippen molar-refractivity contribution in [2.45, 2.75) is 12.6 Å². The van der Waals surface area contributed by atoms with Crippen LogP contribution < -0.4 is 10.6 Å². The van der Waals surface area contributed by atoms with Gasteiger partial charge < -0.3 is 10.6 Å². The van der Waals surface area contributed by atoms with Crippen LogP contribution in [0.4, 0.5) is 5.95 Å². The van der Waals surface area contributed by atoms with Crippen molar-refractivity contribution in [3.05, 3.63) is 84.6 Å². The van der Waals surface area contributed by atoms with Crippen LogP contribution in [0.5, 0.6) is 0 Å². The van der Waals surface area contributed by atoms with Crippen LogP contribution in [0, 0.1) is 5.92 Å². The molecule has 0 spiro atoms. The number of nitrogens with zero attached hydrogens (tertiary/aromatic N) is 4. The number of carbonyl (C=O) groups excluding carboxylic acids is 1. The van der Waals surface area contributed by atoms with Gasteiger partial charge in [-0.05, 0) is 17.7 Å². The summed E-state index contributed by atoms with van der Waals surface area (Å²) in [7, 11) is 0. The summed E-state index contributed by atoms with van der Waals surface area (Å²) >= 11 is 0. The van der Waals surface area contributed by atoms with Gasteiger partial charge in [-0.25, -0.2) is 4.68 Å². The van der Waals surface area contributed by atoms with Crippen LogP contribution in [0.3, 0.4) is 0 Å². The van der Waals surface area contributed by atoms with Crippen molar-refractivity contribution >= 4 is 11.9 Å². The van der Waals surface area contributed by atoms with Crippen molar-refractivity contribution in [1.29, 1.82) is 0 Å². The number of benzene rings is 1. The third-order valence-electron chi connectivity index (χ3n) is 4.38. The highest BCUT2D eigenvalue weighted by Gasteiger charge is 2.40. The lowest BCUT2D eigenvalue weighted by atomic mass is 9.91. The van der Waals surface area contributed by atoms with Crippen molar-refractivity contribution in [3.8, 4) is 0 Å². The maximum absolute atomic E-state index is 13.0. The van der Waals surface area contributed by atoms with Gasteiger partial charge in [-0.15, -0.1) is 0 Å². The predicted octanol–water partition coefficient (Wildman–Crippen LogP) is 2.13. The van der Waals surface area contributed by atoms with Crippen molar-refractivity contribution < 1.29 is 4.79 Å². The van der Waals surface area contributed by atoms with E-state index in [1.807, 2.05) is 48.5 Å². The molecule has 0 bridgehead atoms. The van der Waals surface area contributed by atoms with Crippen molar-refractivity contribution in [1.82, 2.24) is 25.1 Å². The molecule has 0 radical (unpaired) electrons. The number of anilines is 1. The van der Waals surface area contributed by atoms with E-state index in [-0.39, 0.29) is 5.91 Å². The molecule has 2 N–H and O–H groups in total. The molecule has 26 heavy (non-hydrogen) atoms. The van der Waals surface area contributed by atoms with Gasteiger partial charge in [0.2, 0.25) is 11.9 Å². The standard InChI is InChI=1S/C19H18N6O/c1-13-16(18(26)21-11-14-7-3-2-4-8-14)17(15-9-5-6-10-20-15)25-19(24-13)22-12-23-25/h2-10,12,16-17H,1,11H2,(H,21,26)(H,22,23,24)/t16-,17+/m0/s1. The summed E-state index contributed by atoms with van der Waals surface area (Å²) in [6, 6.07) is 15.0. The van der Waals surface area contributed by atoms with Crippen LogP contribution in [-0.2, 0) is 11.3 Å². The van der Waals surface area contributed by atoms with E-state index >= 15 is 0 Å². The Balaban J connectivity index is 1.64. The molecule has 2 aromatic heterocycles. The molecule has 7 heteroatoms. The van der Waals surface area contributed by atoms with Crippen LogP contribution in [0.25, 0.3) is 0 Å². The smallest absolute Gasteiger partial charge is 0.231 e. The first kappa shape index (κ1) is 16.0. The number of pyridine rings is 1. The van der Waals surface area contributed by atoms with Gasteiger partial charge in [0.15, 0.2) is 0 Å². The van der Waals surface area contributed by atoms with Crippen LogP contribution in [0.1, 0.15) is 17.3 Å². The molecule has 3 heterocycles. The van der Waals surface area contributed by atoms with Gasteiger partial charge in [0.05, 0.1) is 5.69 Å². The van der Waals surface area contributed by atoms with E-state index in [9.17, 15) is 4.79 Å². The highest BCUT2D eigenvalue weighted by molar-refractivity contribution is 5.83. The normalized spacial score (nSPS) is 18.7. The fourth-order valence-corrected chi connectivity index (χ4v) is 3.14. The second-order valence-electron chi connectivity index (χ2n) is 6.06. The number of nitrogens with one attached hydrogen (secondary N) is 2. The molecule has 4 rings (SSSR count). The van der Waals surface area contributed by atoms with E-state index < -0.39 is 12.0 Å². The average molecular weight is 346 g/mol. The second-order valence-corrected chi connectivity index (χ2v) is 6.06. The second kappa shape index (κ2) is 6.79. The van der Waals surface area contributed by atoms with Crippen LogP contribution >= 0.6 is 0 Å². The molecule has 1 aliphatic rings. The summed E-state index contributed by atoms with van der Waals surface area (Å²) in [4.78, 5) is 21.6. The Kier molecular flexibility index (Phi) is 4.18. The SMILES string of the molecule is C=C1Nc2ncnn2[C@H](c2ccccn2)[C@H]1C(=O)NCc1ccccc1. The Labute approximate surface area is 150 Å². The van der Waals surface area contributed by atoms with E-state index in [1.54, 1.807) is 10.9 Å². The first-order valence-corrected chi connectivity index (χ1v) is 8.32. The first-order chi connectivity index (χ1) is 12.7. The zero-order valence-corrected chi connectivity index (χ0v) is 14.0. The summed E-state index contributed by atoms with van der Waals surface area (Å²) in [5.74, 6) is -0.135. The molecule has 2 atom stereocenters. The number of fused-ring (bicyclic) bond motifs is 1. The molecule has 0 aliphatic carbocycles.